The number of H-pyrrole nitrogens is 1. The van der Waals surface area contributed by atoms with Gasteiger partial charge in [-0.1, -0.05) is 11.6 Å². The highest BCUT2D eigenvalue weighted by Crippen LogP contribution is 2.53. The number of aromatic amines is 1. The second kappa shape index (κ2) is 9.19. The number of aryl methyl sites for hydroxylation is 1. The maximum absolute atomic E-state index is 11.0. The number of ether oxygens (including phenoxy) is 2. The maximum atomic E-state index is 11.0. The van der Waals surface area contributed by atoms with Gasteiger partial charge in [-0.15, -0.1) is 0 Å². The van der Waals surface area contributed by atoms with E-state index in [4.69, 9.17) is 26.2 Å². The van der Waals surface area contributed by atoms with Crippen LogP contribution in [0.4, 0.5) is 0 Å². The van der Waals surface area contributed by atoms with Crippen molar-refractivity contribution in [3.05, 3.63) is 52.8 Å². The van der Waals surface area contributed by atoms with Crippen molar-refractivity contribution >= 4 is 28.5 Å². The summed E-state index contributed by atoms with van der Waals surface area (Å²) >= 11 is 6.98. The van der Waals surface area contributed by atoms with E-state index in [1.807, 2.05) is 43.5 Å². The number of carbonyl (C=O) groups is 1. The van der Waals surface area contributed by atoms with Gasteiger partial charge in [0.1, 0.15) is 24.7 Å². The van der Waals surface area contributed by atoms with Crippen LogP contribution in [0.15, 0.2) is 36.5 Å². The Balaban J connectivity index is 1.40. The Morgan fingerprint density at radius 2 is 1.92 bits per heavy atom. The van der Waals surface area contributed by atoms with Crippen LogP contribution < -0.4 is 10.1 Å². The van der Waals surface area contributed by atoms with Crippen molar-refractivity contribution in [1.29, 1.82) is 0 Å². The summed E-state index contributed by atoms with van der Waals surface area (Å²) in [6, 6.07) is 10.3. The fourth-order valence-electron chi connectivity index (χ4n) is 5.75. The number of nitrogens with zero attached hydrogens (tertiary/aromatic N) is 3. The van der Waals surface area contributed by atoms with Crippen molar-refractivity contribution in [2.75, 3.05) is 26.3 Å². The second-order valence-corrected chi connectivity index (χ2v) is 10.7. The van der Waals surface area contributed by atoms with Gasteiger partial charge in [-0.3, -0.25) is 14.6 Å². The number of aromatic nitrogens is 4. The molecular formula is C28H30ClN5O3. The number of hydrogen-bond donors (Lipinski definition) is 2. The van der Waals surface area contributed by atoms with Gasteiger partial charge in [-0.25, -0.2) is 0 Å². The Morgan fingerprint density at radius 1 is 1.16 bits per heavy atom. The van der Waals surface area contributed by atoms with E-state index in [2.05, 4.69) is 27.1 Å². The summed E-state index contributed by atoms with van der Waals surface area (Å²) in [5.41, 5.74) is 7.37. The summed E-state index contributed by atoms with van der Waals surface area (Å²) in [4.78, 5) is 11.0. The van der Waals surface area contributed by atoms with E-state index in [9.17, 15) is 4.79 Å². The Bertz CT molecular complexity index is 1480. The topological polar surface area (TPSA) is 94.1 Å². The average Bonchev–Trinajstić information content (AvgIpc) is 3.41. The second-order valence-electron chi connectivity index (χ2n) is 10.3. The van der Waals surface area contributed by atoms with E-state index in [0.717, 1.165) is 75.5 Å². The van der Waals surface area contributed by atoms with Crippen LogP contribution in [0, 0.1) is 19.3 Å². The van der Waals surface area contributed by atoms with E-state index in [-0.39, 0.29) is 12.6 Å². The summed E-state index contributed by atoms with van der Waals surface area (Å²) in [5, 5.41) is 17.7. The molecule has 1 aliphatic heterocycles. The van der Waals surface area contributed by atoms with Crippen molar-refractivity contribution in [2.24, 2.45) is 5.41 Å². The number of fused-ring (bicyclic) bond motifs is 1. The van der Waals surface area contributed by atoms with Crippen molar-refractivity contribution in [2.45, 2.75) is 39.7 Å². The van der Waals surface area contributed by atoms with Crippen molar-refractivity contribution in [1.82, 2.24) is 25.3 Å². The predicted octanol–water partition coefficient (Wildman–Crippen LogP) is 5.23. The van der Waals surface area contributed by atoms with Gasteiger partial charge < -0.3 is 14.8 Å². The molecule has 1 saturated carbocycles. The highest BCUT2D eigenvalue weighted by atomic mass is 35.5. The molecule has 37 heavy (non-hydrogen) atoms. The molecule has 192 valence electrons. The molecule has 6 rings (SSSR count). The minimum atomic E-state index is -0.315. The summed E-state index contributed by atoms with van der Waals surface area (Å²) in [6.07, 6.45) is 4.12. The number of halogens is 1. The van der Waals surface area contributed by atoms with Gasteiger partial charge in [0.05, 0.1) is 22.8 Å². The molecular weight excluding hydrogens is 490 g/mol. The highest BCUT2D eigenvalue weighted by Gasteiger charge is 2.50. The largest absolute Gasteiger partial charge is 0.490 e. The monoisotopic (exact) mass is 519 g/mol. The summed E-state index contributed by atoms with van der Waals surface area (Å²) in [7, 11) is 0. The van der Waals surface area contributed by atoms with Gasteiger partial charge in [0.15, 0.2) is 0 Å². The molecule has 0 atom stereocenters. The molecule has 1 saturated heterocycles. The highest BCUT2D eigenvalue weighted by molar-refractivity contribution is 6.36. The van der Waals surface area contributed by atoms with Crippen molar-refractivity contribution in [3.8, 4) is 28.1 Å². The molecule has 1 aliphatic carbocycles. The fraction of sp³-hybridized carbons (Fsp3) is 0.393. The van der Waals surface area contributed by atoms with Crippen LogP contribution in [0.2, 0.25) is 5.02 Å². The SMILES string of the molecule is CC(=O)OCCOc1ccc(-c2nn(C3CC4(CNC4)C3)c(C)c2-c2c(Cl)c(C)cc3[nH]ncc23)cc1. The first-order valence-corrected chi connectivity index (χ1v) is 13.0. The molecule has 8 nitrogen and oxygen atoms in total. The Morgan fingerprint density at radius 3 is 2.59 bits per heavy atom. The lowest BCUT2D eigenvalue weighted by molar-refractivity contribution is -0.141. The van der Waals surface area contributed by atoms with E-state index < -0.39 is 0 Å². The van der Waals surface area contributed by atoms with E-state index in [0.29, 0.717) is 23.8 Å². The minimum absolute atomic E-state index is 0.218. The van der Waals surface area contributed by atoms with Crippen LogP contribution in [0.1, 0.15) is 37.1 Å². The zero-order chi connectivity index (χ0) is 25.7. The molecule has 2 aromatic carbocycles. The third-order valence-electron chi connectivity index (χ3n) is 7.73. The lowest BCUT2D eigenvalue weighted by Crippen LogP contribution is -2.60. The molecule has 2 aromatic heterocycles. The predicted molar refractivity (Wildman–Crippen MR) is 143 cm³/mol. The molecule has 1 spiro atoms. The Labute approximate surface area is 220 Å². The quantitative estimate of drug-likeness (QED) is 0.256. The summed E-state index contributed by atoms with van der Waals surface area (Å²) < 4.78 is 12.9. The third-order valence-corrected chi connectivity index (χ3v) is 8.22. The molecule has 3 heterocycles. The average molecular weight is 520 g/mol. The molecule has 0 unspecified atom stereocenters. The van der Waals surface area contributed by atoms with Gasteiger partial charge in [0.25, 0.3) is 0 Å². The van der Waals surface area contributed by atoms with E-state index in [1.165, 1.54) is 6.92 Å². The first-order valence-electron chi connectivity index (χ1n) is 12.6. The van der Waals surface area contributed by atoms with Crippen LogP contribution in [0.25, 0.3) is 33.3 Å². The standard InChI is InChI=1S/C28H30ClN5O3/c1-16-10-23-22(13-31-32-23)25(26(16)29)24-17(2)34(20-11-28(12-20)14-30-15-28)33-27(24)19-4-6-21(7-5-19)37-9-8-36-18(3)35/h4-7,10,13,20,30H,8-9,11-12,14-15H2,1-3H3,(H,31,32). The van der Waals surface area contributed by atoms with Gasteiger partial charge in [-0.2, -0.15) is 10.2 Å². The first kappa shape index (κ1) is 24.0. The van der Waals surface area contributed by atoms with Crippen molar-refractivity contribution in [3.63, 3.8) is 0 Å². The Kier molecular flexibility index (Phi) is 5.96. The van der Waals surface area contributed by atoms with E-state index >= 15 is 0 Å². The van der Waals surface area contributed by atoms with Gasteiger partial charge in [0.2, 0.25) is 0 Å². The Hall–Kier alpha value is -3.36. The molecule has 2 N–H and O–H groups in total. The van der Waals surface area contributed by atoms with Crippen molar-refractivity contribution < 1.29 is 14.3 Å². The zero-order valence-electron chi connectivity index (χ0n) is 21.2. The number of rotatable bonds is 7. The number of benzene rings is 2. The number of hydrogen-bond acceptors (Lipinski definition) is 6. The molecule has 0 bridgehead atoms. The maximum Gasteiger partial charge on any atom is 0.302 e. The molecule has 2 fully saturated rings. The minimum Gasteiger partial charge on any atom is -0.490 e. The molecule has 9 heteroatoms. The normalized spacial score (nSPS) is 16.5. The zero-order valence-corrected chi connectivity index (χ0v) is 22.0. The van der Waals surface area contributed by atoms with Crippen LogP contribution in [0.5, 0.6) is 5.75 Å². The van der Waals surface area contributed by atoms with Crippen LogP contribution >= 0.6 is 11.6 Å². The number of esters is 1. The molecule has 0 radical (unpaired) electrons. The van der Waals surface area contributed by atoms with Crippen LogP contribution in [-0.4, -0.2) is 52.3 Å². The summed E-state index contributed by atoms with van der Waals surface area (Å²) in [5.74, 6) is 0.391. The lowest BCUT2D eigenvalue weighted by Gasteiger charge is -2.54. The van der Waals surface area contributed by atoms with Gasteiger partial charge in [-0.05, 0) is 68.0 Å². The van der Waals surface area contributed by atoms with Gasteiger partial charge >= 0.3 is 5.97 Å². The smallest absolute Gasteiger partial charge is 0.302 e. The molecule has 0 amide bonds. The summed E-state index contributed by atoms with van der Waals surface area (Å²) in [6.45, 7) is 8.27. The number of nitrogens with one attached hydrogen (secondary N) is 2. The third kappa shape index (κ3) is 4.18. The fourth-order valence-corrected chi connectivity index (χ4v) is 6.01. The van der Waals surface area contributed by atoms with E-state index in [1.54, 1.807) is 0 Å². The molecule has 4 aromatic rings. The molecule has 2 aliphatic rings. The first-order chi connectivity index (χ1) is 17.8. The van der Waals surface area contributed by atoms with Crippen LogP contribution in [0.3, 0.4) is 0 Å². The van der Waals surface area contributed by atoms with Gasteiger partial charge in [0, 0.05) is 47.8 Å². The number of carbonyl (C=O) groups excluding carboxylic acids is 1. The lowest BCUT2D eigenvalue weighted by atomic mass is 9.61. The van der Waals surface area contributed by atoms with Crippen LogP contribution in [-0.2, 0) is 9.53 Å².